The van der Waals surface area contributed by atoms with Crippen LogP contribution in [-0.2, 0) is 38.8 Å². The van der Waals surface area contributed by atoms with E-state index in [9.17, 15) is 15.0 Å². The van der Waals surface area contributed by atoms with Crippen molar-refractivity contribution in [1.29, 1.82) is 0 Å². The lowest BCUT2D eigenvalue weighted by molar-refractivity contribution is -0.0890. The van der Waals surface area contributed by atoms with E-state index in [4.69, 9.17) is 18.9 Å². The lowest BCUT2D eigenvalue weighted by atomic mass is 10.0. The van der Waals surface area contributed by atoms with Gasteiger partial charge in [0.15, 0.2) is 0 Å². The number of rotatable bonds is 13. The lowest BCUT2D eigenvalue weighted by Gasteiger charge is -2.34. The monoisotopic (exact) mass is 577 g/mol. The molecule has 226 valence electrons. The third-order valence-corrected chi connectivity index (χ3v) is 7.10. The zero-order valence-corrected chi connectivity index (χ0v) is 24.7. The second-order valence-electron chi connectivity index (χ2n) is 11.6. The summed E-state index contributed by atoms with van der Waals surface area (Å²) in [6.45, 7) is 6.07. The highest BCUT2D eigenvalue weighted by molar-refractivity contribution is 5.70. The van der Waals surface area contributed by atoms with Crippen molar-refractivity contribution in [1.82, 2.24) is 4.90 Å². The minimum atomic E-state index is -1.07. The fourth-order valence-corrected chi connectivity index (χ4v) is 5.18. The van der Waals surface area contributed by atoms with E-state index in [-0.39, 0.29) is 19.6 Å². The van der Waals surface area contributed by atoms with Gasteiger partial charge in [0, 0.05) is 0 Å². The van der Waals surface area contributed by atoms with Gasteiger partial charge in [-0.3, -0.25) is 4.90 Å². The maximum absolute atomic E-state index is 13.8. The number of hydrogen-bond donors (Lipinski definition) is 2. The molecule has 1 saturated heterocycles. The van der Waals surface area contributed by atoms with Crippen molar-refractivity contribution in [3.05, 3.63) is 108 Å². The number of benzene rings is 3. The minimum absolute atomic E-state index is 0.0789. The quantitative estimate of drug-likeness (QED) is 0.292. The van der Waals surface area contributed by atoms with Crippen LogP contribution in [0.2, 0.25) is 0 Å². The zero-order valence-electron chi connectivity index (χ0n) is 24.7. The Balaban J connectivity index is 1.68. The van der Waals surface area contributed by atoms with E-state index in [1.54, 1.807) is 4.90 Å². The first-order valence-corrected chi connectivity index (χ1v) is 14.5. The number of amides is 1. The van der Waals surface area contributed by atoms with Gasteiger partial charge in [-0.25, -0.2) is 4.79 Å². The van der Waals surface area contributed by atoms with E-state index in [1.807, 2.05) is 112 Å². The molecule has 42 heavy (non-hydrogen) atoms. The Bertz CT molecular complexity index is 1200. The fraction of sp³-hybridized carbons (Fsp3) is 0.441. The highest BCUT2D eigenvalue weighted by Crippen LogP contribution is 2.35. The van der Waals surface area contributed by atoms with Crippen LogP contribution >= 0.6 is 0 Å². The Hall–Kier alpha value is -3.27. The molecule has 8 heteroatoms. The van der Waals surface area contributed by atoms with Crippen LogP contribution in [0.15, 0.2) is 91.0 Å². The number of aliphatic hydroxyl groups excluding tert-OH is 2. The fourth-order valence-electron chi connectivity index (χ4n) is 5.18. The normalized spacial score (nSPS) is 21.3. The van der Waals surface area contributed by atoms with Crippen LogP contribution in [-0.4, -0.2) is 70.4 Å². The van der Waals surface area contributed by atoms with Gasteiger partial charge in [-0.1, -0.05) is 91.0 Å². The van der Waals surface area contributed by atoms with Crippen molar-refractivity contribution in [2.75, 3.05) is 13.2 Å². The number of carbonyl (C=O) groups excluding carboxylic acids is 1. The molecule has 2 N–H and O–H groups in total. The molecule has 8 nitrogen and oxygen atoms in total. The van der Waals surface area contributed by atoms with Crippen LogP contribution in [0.5, 0.6) is 0 Å². The molecule has 3 aromatic rings. The van der Waals surface area contributed by atoms with E-state index in [1.165, 1.54) is 0 Å². The van der Waals surface area contributed by atoms with Gasteiger partial charge >= 0.3 is 6.09 Å². The molecule has 1 aliphatic heterocycles. The largest absolute Gasteiger partial charge is 0.444 e. The van der Waals surface area contributed by atoms with Crippen LogP contribution in [0.25, 0.3) is 0 Å². The average molecular weight is 578 g/mol. The van der Waals surface area contributed by atoms with Crippen LogP contribution in [0.1, 0.15) is 43.9 Å². The molecule has 1 fully saturated rings. The second-order valence-corrected chi connectivity index (χ2v) is 11.6. The van der Waals surface area contributed by atoms with Gasteiger partial charge in [-0.2, -0.15) is 0 Å². The Labute approximate surface area is 248 Å². The highest BCUT2D eigenvalue weighted by atomic mass is 16.6. The number of nitrogens with zero attached hydrogens (tertiary/aromatic N) is 1. The minimum Gasteiger partial charge on any atom is -0.444 e. The van der Waals surface area contributed by atoms with E-state index in [0.29, 0.717) is 13.2 Å². The summed E-state index contributed by atoms with van der Waals surface area (Å²) in [4.78, 5) is 15.4. The van der Waals surface area contributed by atoms with Gasteiger partial charge in [0.25, 0.3) is 0 Å². The van der Waals surface area contributed by atoms with Crippen molar-refractivity contribution in [3.8, 4) is 0 Å². The summed E-state index contributed by atoms with van der Waals surface area (Å²) in [5, 5.41) is 20.4. The van der Waals surface area contributed by atoms with Crippen LogP contribution in [0, 0.1) is 0 Å². The summed E-state index contributed by atoms with van der Waals surface area (Å²) in [5.74, 6) is 0. The third kappa shape index (κ3) is 9.11. The molecule has 4 rings (SSSR count). The molecule has 0 radical (unpaired) electrons. The van der Waals surface area contributed by atoms with E-state index in [0.717, 1.165) is 16.7 Å². The second kappa shape index (κ2) is 15.3. The predicted octanol–water partition coefficient (Wildman–Crippen LogP) is 5.11. The first kappa shape index (κ1) is 31.7. The Kier molecular flexibility index (Phi) is 11.5. The molecule has 0 aromatic heterocycles. The smallest absolute Gasteiger partial charge is 0.411 e. The van der Waals surface area contributed by atoms with Crippen molar-refractivity contribution >= 4 is 6.09 Å². The molecule has 0 saturated carbocycles. The lowest BCUT2D eigenvalue weighted by Crippen LogP contribution is -2.49. The van der Waals surface area contributed by atoms with Gasteiger partial charge in [0.1, 0.15) is 17.8 Å². The third-order valence-electron chi connectivity index (χ3n) is 7.10. The van der Waals surface area contributed by atoms with Crippen LogP contribution in [0.4, 0.5) is 4.79 Å². The first-order valence-electron chi connectivity index (χ1n) is 14.5. The zero-order chi connectivity index (χ0) is 30.0. The predicted molar refractivity (Wildman–Crippen MR) is 159 cm³/mol. The molecular formula is C34H43NO7. The van der Waals surface area contributed by atoms with Gasteiger partial charge in [0.2, 0.25) is 0 Å². The standard InChI is InChI=1S/C34H43NO7/c1-34(2,3)42-33(38)35-29(19-28(37)20-36)31(40-22-26-15-9-5-10-16-26)32(41-23-27-17-11-6-12-18-27)30(35)24-39-21-25-13-7-4-8-14-25/h4-18,28-32,36-37H,19-24H2,1-3H3/t28?,29-,30-,31-,32-/m1/s1. The first-order chi connectivity index (χ1) is 20.2. The van der Waals surface area contributed by atoms with Crippen molar-refractivity contribution in [3.63, 3.8) is 0 Å². The number of likely N-dealkylation sites (tertiary alicyclic amines) is 1. The molecule has 3 aromatic carbocycles. The molecular weight excluding hydrogens is 534 g/mol. The van der Waals surface area contributed by atoms with Gasteiger partial charge in [0.05, 0.1) is 51.2 Å². The average Bonchev–Trinajstić information content (AvgIpc) is 3.27. The van der Waals surface area contributed by atoms with E-state index < -0.39 is 48.7 Å². The van der Waals surface area contributed by atoms with Crippen molar-refractivity contribution in [2.24, 2.45) is 0 Å². The van der Waals surface area contributed by atoms with Crippen LogP contribution < -0.4 is 0 Å². The summed E-state index contributed by atoms with van der Waals surface area (Å²) < 4.78 is 25.1. The SMILES string of the molecule is CC(C)(C)OC(=O)N1[C@H](COCc2ccccc2)[C@@H](OCc2ccccc2)[C@H](OCc2ccccc2)[C@H]1CC(O)CO. The molecule has 0 aliphatic carbocycles. The maximum Gasteiger partial charge on any atom is 0.411 e. The summed E-state index contributed by atoms with van der Waals surface area (Å²) in [5.41, 5.74) is 2.19. The number of aliphatic hydroxyl groups is 2. The summed E-state index contributed by atoms with van der Waals surface area (Å²) >= 11 is 0. The van der Waals surface area contributed by atoms with Gasteiger partial charge < -0.3 is 29.2 Å². The molecule has 1 aliphatic rings. The molecule has 0 spiro atoms. The van der Waals surface area contributed by atoms with E-state index >= 15 is 0 Å². The molecule has 0 bridgehead atoms. The molecule has 5 atom stereocenters. The highest BCUT2D eigenvalue weighted by Gasteiger charge is 2.54. The Morgan fingerprint density at radius 2 is 1.21 bits per heavy atom. The Morgan fingerprint density at radius 1 is 0.762 bits per heavy atom. The van der Waals surface area contributed by atoms with Crippen molar-refractivity contribution in [2.45, 2.75) is 83.0 Å². The number of ether oxygens (including phenoxy) is 4. The Morgan fingerprint density at radius 3 is 1.67 bits per heavy atom. The summed E-state index contributed by atoms with van der Waals surface area (Å²) in [6, 6.07) is 28.2. The molecule has 1 unspecified atom stereocenters. The maximum atomic E-state index is 13.8. The van der Waals surface area contributed by atoms with Crippen molar-refractivity contribution < 1.29 is 34.0 Å². The summed E-state index contributed by atoms with van der Waals surface area (Å²) in [7, 11) is 0. The molecule has 1 amide bonds. The van der Waals surface area contributed by atoms with Crippen LogP contribution in [0.3, 0.4) is 0 Å². The molecule has 1 heterocycles. The van der Waals surface area contributed by atoms with Gasteiger partial charge in [-0.05, 0) is 43.9 Å². The number of hydrogen-bond acceptors (Lipinski definition) is 7. The topological polar surface area (TPSA) is 97.7 Å². The van der Waals surface area contributed by atoms with Gasteiger partial charge in [-0.15, -0.1) is 0 Å². The van der Waals surface area contributed by atoms with E-state index in [2.05, 4.69) is 0 Å². The summed E-state index contributed by atoms with van der Waals surface area (Å²) in [6.07, 6.45) is -2.78. The number of carbonyl (C=O) groups is 1.